The summed E-state index contributed by atoms with van der Waals surface area (Å²) < 4.78 is 37.7. The van der Waals surface area contributed by atoms with Crippen LogP contribution in [0.15, 0.2) is 60.8 Å². The number of anilines is 2. The number of halogens is 3. The van der Waals surface area contributed by atoms with Gasteiger partial charge in [-0.05, 0) is 42.5 Å². The Labute approximate surface area is 145 Å². The van der Waals surface area contributed by atoms with E-state index in [1.54, 1.807) is 18.2 Å². The second kappa shape index (κ2) is 6.79. The molecule has 0 fully saturated rings. The zero-order chi connectivity index (χ0) is 18.7. The Morgan fingerprint density at radius 3 is 2.19 bits per heavy atom. The van der Waals surface area contributed by atoms with Gasteiger partial charge in [-0.3, -0.25) is 10.1 Å². The van der Waals surface area contributed by atoms with E-state index in [1.807, 2.05) is 0 Å². The molecule has 0 radical (unpaired) electrons. The lowest BCUT2D eigenvalue weighted by molar-refractivity contribution is -0.384. The Hall–Kier alpha value is -3.49. The van der Waals surface area contributed by atoms with Crippen LogP contribution in [0.3, 0.4) is 0 Å². The number of hydrogen-bond acceptors (Lipinski definition) is 5. The van der Waals surface area contributed by atoms with Crippen molar-refractivity contribution in [2.75, 3.05) is 5.32 Å². The number of nitro groups is 1. The van der Waals surface area contributed by atoms with Crippen molar-refractivity contribution in [2.45, 2.75) is 6.18 Å². The topological polar surface area (TPSA) is 81.0 Å². The first-order valence-corrected chi connectivity index (χ1v) is 7.35. The first-order valence-electron chi connectivity index (χ1n) is 7.35. The van der Waals surface area contributed by atoms with E-state index >= 15 is 0 Å². The van der Waals surface area contributed by atoms with Gasteiger partial charge in [-0.25, -0.2) is 9.97 Å². The first kappa shape index (κ1) is 17.3. The summed E-state index contributed by atoms with van der Waals surface area (Å²) in [6.45, 7) is 0. The van der Waals surface area contributed by atoms with Gasteiger partial charge in [0.1, 0.15) is 0 Å². The number of hydrogen-bond donors (Lipinski definition) is 1. The van der Waals surface area contributed by atoms with Crippen LogP contribution in [0.25, 0.3) is 11.3 Å². The molecule has 26 heavy (non-hydrogen) atoms. The third-order valence-electron chi connectivity index (χ3n) is 3.50. The number of non-ortho nitro benzene ring substituents is 1. The van der Waals surface area contributed by atoms with Crippen molar-refractivity contribution in [3.8, 4) is 11.3 Å². The maximum Gasteiger partial charge on any atom is 0.416 e. The second-order valence-electron chi connectivity index (χ2n) is 5.27. The van der Waals surface area contributed by atoms with E-state index in [4.69, 9.17) is 0 Å². The van der Waals surface area contributed by atoms with E-state index in [1.165, 1.54) is 30.5 Å². The van der Waals surface area contributed by atoms with Gasteiger partial charge in [0.25, 0.3) is 5.69 Å². The summed E-state index contributed by atoms with van der Waals surface area (Å²) in [5, 5.41) is 13.5. The van der Waals surface area contributed by atoms with Gasteiger partial charge in [0.2, 0.25) is 5.95 Å². The van der Waals surface area contributed by atoms with Crippen LogP contribution in [0.5, 0.6) is 0 Å². The molecule has 0 bridgehead atoms. The van der Waals surface area contributed by atoms with Crippen LogP contribution in [-0.4, -0.2) is 14.9 Å². The van der Waals surface area contributed by atoms with E-state index < -0.39 is 16.7 Å². The molecule has 9 heteroatoms. The summed E-state index contributed by atoms with van der Waals surface area (Å²) in [5.41, 5.74) is 0.783. The third kappa shape index (κ3) is 3.94. The average molecular weight is 360 g/mol. The molecule has 1 heterocycles. The molecule has 0 saturated carbocycles. The minimum Gasteiger partial charge on any atom is -0.324 e. The predicted molar refractivity (Wildman–Crippen MR) is 88.8 cm³/mol. The van der Waals surface area contributed by atoms with Crippen molar-refractivity contribution in [3.05, 3.63) is 76.5 Å². The number of benzene rings is 2. The molecule has 3 aromatic rings. The lowest BCUT2D eigenvalue weighted by Crippen LogP contribution is -2.04. The summed E-state index contributed by atoms with van der Waals surface area (Å²) in [5.74, 6) is 0.195. The van der Waals surface area contributed by atoms with Gasteiger partial charge in [0.05, 0.1) is 16.2 Å². The Morgan fingerprint density at radius 2 is 1.62 bits per heavy atom. The number of alkyl halides is 3. The summed E-state index contributed by atoms with van der Waals surface area (Å²) in [4.78, 5) is 18.5. The lowest BCUT2D eigenvalue weighted by Gasteiger charge is -2.09. The van der Waals surface area contributed by atoms with Gasteiger partial charge in [-0.2, -0.15) is 13.2 Å². The van der Waals surface area contributed by atoms with Crippen LogP contribution in [0.2, 0.25) is 0 Å². The normalized spacial score (nSPS) is 11.2. The Kier molecular flexibility index (Phi) is 4.53. The highest BCUT2D eigenvalue weighted by Gasteiger charge is 2.29. The molecule has 6 nitrogen and oxygen atoms in total. The Balaban J connectivity index is 1.80. The first-order chi connectivity index (χ1) is 12.3. The maximum absolute atomic E-state index is 12.6. The van der Waals surface area contributed by atoms with Crippen LogP contribution in [0, 0.1) is 10.1 Å². The van der Waals surface area contributed by atoms with Crippen molar-refractivity contribution in [1.82, 2.24) is 9.97 Å². The van der Waals surface area contributed by atoms with Gasteiger partial charge in [0, 0.05) is 29.6 Å². The van der Waals surface area contributed by atoms with Gasteiger partial charge < -0.3 is 5.32 Å². The van der Waals surface area contributed by atoms with Crippen molar-refractivity contribution >= 4 is 17.3 Å². The number of aromatic nitrogens is 2. The largest absolute Gasteiger partial charge is 0.416 e. The minimum absolute atomic E-state index is 0.0362. The molecule has 0 atom stereocenters. The molecule has 132 valence electrons. The SMILES string of the molecule is O=[N+]([O-])c1ccc(-c2ccnc(Nc3ccc(C(F)(F)F)cc3)n2)cc1. The smallest absolute Gasteiger partial charge is 0.324 e. The van der Waals surface area contributed by atoms with Crippen LogP contribution in [0.4, 0.5) is 30.5 Å². The Morgan fingerprint density at radius 1 is 0.962 bits per heavy atom. The highest BCUT2D eigenvalue weighted by molar-refractivity contribution is 5.63. The van der Waals surface area contributed by atoms with Crippen molar-refractivity contribution in [3.63, 3.8) is 0 Å². The van der Waals surface area contributed by atoms with E-state index in [-0.39, 0.29) is 11.6 Å². The standard InChI is InChI=1S/C17H11F3N4O2/c18-17(19,20)12-3-5-13(6-4-12)22-16-21-10-9-15(23-16)11-1-7-14(8-2-11)24(25)26/h1-10H,(H,21,22,23). The molecular formula is C17H11F3N4O2. The number of nitro benzene ring substituents is 1. The van der Waals surface area contributed by atoms with E-state index in [0.29, 0.717) is 16.9 Å². The molecule has 0 aliphatic carbocycles. The van der Waals surface area contributed by atoms with Crippen molar-refractivity contribution < 1.29 is 18.1 Å². The van der Waals surface area contributed by atoms with Gasteiger partial charge in [0.15, 0.2) is 0 Å². The van der Waals surface area contributed by atoms with Gasteiger partial charge in [-0.15, -0.1) is 0 Å². The highest BCUT2D eigenvalue weighted by Crippen LogP contribution is 2.30. The highest BCUT2D eigenvalue weighted by atomic mass is 19.4. The number of nitrogens with zero attached hydrogens (tertiary/aromatic N) is 3. The Bertz CT molecular complexity index is 926. The summed E-state index contributed by atoms with van der Waals surface area (Å²) in [7, 11) is 0. The molecule has 0 spiro atoms. The molecule has 0 unspecified atom stereocenters. The maximum atomic E-state index is 12.6. The number of nitrogens with one attached hydrogen (secondary N) is 1. The quantitative estimate of drug-likeness (QED) is 0.533. The molecule has 0 saturated heterocycles. The van der Waals surface area contributed by atoms with Crippen LogP contribution in [0.1, 0.15) is 5.56 Å². The summed E-state index contributed by atoms with van der Waals surface area (Å²) >= 11 is 0. The van der Waals surface area contributed by atoms with Crippen molar-refractivity contribution in [1.29, 1.82) is 0 Å². The third-order valence-corrected chi connectivity index (χ3v) is 3.50. The second-order valence-corrected chi connectivity index (χ2v) is 5.27. The average Bonchev–Trinajstić information content (AvgIpc) is 2.62. The fourth-order valence-corrected chi connectivity index (χ4v) is 2.21. The monoisotopic (exact) mass is 360 g/mol. The number of rotatable bonds is 4. The lowest BCUT2D eigenvalue weighted by atomic mass is 10.1. The van der Waals surface area contributed by atoms with Crippen LogP contribution in [-0.2, 0) is 6.18 Å². The fourth-order valence-electron chi connectivity index (χ4n) is 2.21. The van der Waals surface area contributed by atoms with E-state index in [0.717, 1.165) is 12.1 Å². The zero-order valence-corrected chi connectivity index (χ0v) is 13.1. The molecule has 2 aromatic carbocycles. The predicted octanol–water partition coefficient (Wildman–Crippen LogP) is 4.81. The zero-order valence-electron chi connectivity index (χ0n) is 13.1. The van der Waals surface area contributed by atoms with E-state index in [9.17, 15) is 23.3 Å². The molecule has 1 aromatic heterocycles. The summed E-state index contributed by atoms with van der Waals surface area (Å²) in [6.07, 6.45) is -2.92. The summed E-state index contributed by atoms with van der Waals surface area (Å²) in [6, 6.07) is 11.9. The van der Waals surface area contributed by atoms with Crippen LogP contribution < -0.4 is 5.32 Å². The molecule has 1 N–H and O–H groups in total. The molecule has 0 aliphatic heterocycles. The van der Waals surface area contributed by atoms with E-state index in [2.05, 4.69) is 15.3 Å². The molecule has 0 amide bonds. The molecule has 3 rings (SSSR count). The molecule has 0 aliphatic rings. The minimum atomic E-state index is -4.40. The molecular weight excluding hydrogens is 349 g/mol. The fraction of sp³-hybridized carbons (Fsp3) is 0.0588. The van der Waals surface area contributed by atoms with Crippen molar-refractivity contribution in [2.24, 2.45) is 0 Å². The van der Waals surface area contributed by atoms with Gasteiger partial charge in [-0.1, -0.05) is 0 Å². The van der Waals surface area contributed by atoms with Crippen LogP contribution >= 0.6 is 0 Å². The van der Waals surface area contributed by atoms with Gasteiger partial charge >= 0.3 is 6.18 Å².